The van der Waals surface area contributed by atoms with E-state index >= 15 is 0 Å². The second kappa shape index (κ2) is 6.21. The number of rotatable bonds is 6. The Hall–Kier alpha value is -2.44. The molecule has 0 heterocycles. The highest BCUT2D eigenvalue weighted by Gasteiger charge is 2.09. The van der Waals surface area contributed by atoms with E-state index in [0.717, 1.165) is 0 Å². The second-order valence-electron chi connectivity index (χ2n) is 2.94. The lowest BCUT2D eigenvalue weighted by Gasteiger charge is -2.05. The number of hydrogen-bond acceptors (Lipinski definition) is 6. The minimum absolute atomic E-state index is 0.119. The standard InChI is InChI=1S/C10H9NO6/c12-7-8-3-1-2-4-9(8)17-10(13)5-6-16-11(14)15/h1-4,7H,5-6H2. The first-order chi connectivity index (χ1) is 8.13. The molecule has 0 saturated carbocycles. The van der Waals surface area contributed by atoms with Gasteiger partial charge in [0, 0.05) is 0 Å². The summed E-state index contributed by atoms with van der Waals surface area (Å²) < 4.78 is 4.85. The van der Waals surface area contributed by atoms with Crippen LogP contribution in [0.4, 0.5) is 0 Å². The molecular formula is C10H9NO6. The minimum atomic E-state index is -0.993. The van der Waals surface area contributed by atoms with E-state index in [2.05, 4.69) is 4.84 Å². The van der Waals surface area contributed by atoms with Gasteiger partial charge in [-0.1, -0.05) is 12.1 Å². The Balaban J connectivity index is 2.50. The van der Waals surface area contributed by atoms with Gasteiger partial charge in [0.05, 0.1) is 12.0 Å². The van der Waals surface area contributed by atoms with E-state index in [1.165, 1.54) is 12.1 Å². The van der Waals surface area contributed by atoms with Crippen molar-refractivity contribution in [3.63, 3.8) is 0 Å². The zero-order chi connectivity index (χ0) is 12.7. The molecular weight excluding hydrogens is 230 g/mol. The van der Waals surface area contributed by atoms with E-state index < -0.39 is 11.1 Å². The average Bonchev–Trinajstić information content (AvgIpc) is 2.29. The fraction of sp³-hybridized carbons (Fsp3) is 0.200. The van der Waals surface area contributed by atoms with Crippen molar-refractivity contribution in [1.29, 1.82) is 0 Å². The first kappa shape index (κ1) is 12.6. The number of ether oxygens (including phenoxy) is 1. The van der Waals surface area contributed by atoms with E-state index in [-0.39, 0.29) is 24.3 Å². The zero-order valence-corrected chi connectivity index (χ0v) is 8.70. The molecule has 1 rings (SSSR count). The molecule has 1 aromatic carbocycles. The van der Waals surface area contributed by atoms with E-state index in [4.69, 9.17) is 4.74 Å². The minimum Gasteiger partial charge on any atom is -0.426 e. The number of carbonyl (C=O) groups excluding carboxylic acids is 2. The molecule has 0 unspecified atom stereocenters. The molecule has 1 aromatic rings. The fourth-order valence-corrected chi connectivity index (χ4v) is 1.05. The van der Waals surface area contributed by atoms with Gasteiger partial charge < -0.3 is 9.57 Å². The van der Waals surface area contributed by atoms with Crippen LogP contribution in [0.25, 0.3) is 0 Å². The largest absolute Gasteiger partial charge is 0.426 e. The van der Waals surface area contributed by atoms with Crippen molar-refractivity contribution in [3.8, 4) is 5.75 Å². The Morgan fingerprint density at radius 2 is 2.12 bits per heavy atom. The third-order valence-corrected chi connectivity index (χ3v) is 1.77. The lowest BCUT2D eigenvalue weighted by atomic mass is 10.2. The maximum atomic E-state index is 11.2. The third kappa shape index (κ3) is 4.29. The number of esters is 1. The van der Waals surface area contributed by atoms with Crippen molar-refractivity contribution in [2.75, 3.05) is 6.61 Å². The van der Waals surface area contributed by atoms with Crippen LogP contribution in [0.2, 0.25) is 0 Å². The summed E-state index contributed by atoms with van der Waals surface area (Å²) in [6.45, 7) is -0.380. The van der Waals surface area contributed by atoms with Crippen LogP contribution in [0.3, 0.4) is 0 Å². The van der Waals surface area contributed by atoms with Crippen LogP contribution in [-0.4, -0.2) is 23.9 Å². The average molecular weight is 239 g/mol. The zero-order valence-electron chi connectivity index (χ0n) is 8.70. The van der Waals surface area contributed by atoms with E-state index in [1.54, 1.807) is 12.1 Å². The third-order valence-electron chi connectivity index (χ3n) is 1.77. The Labute approximate surface area is 96.0 Å². The van der Waals surface area contributed by atoms with Gasteiger partial charge in [-0.05, 0) is 12.1 Å². The van der Waals surface area contributed by atoms with Gasteiger partial charge in [0.1, 0.15) is 12.4 Å². The van der Waals surface area contributed by atoms with Gasteiger partial charge in [-0.3, -0.25) is 9.59 Å². The van der Waals surface area contributed by atoms with Crippen LogP contribution in [0.15, 0.2) is 24.3 Å². The highest BCUT2D eigenvalue weighted by Crippen LogP contribution is 2.16. The summed E-state index contributed by atoms with van der Waals surface area (Å²) in [5, 5.41) is 8.83. The predicted octanol–water partition coefficient (Wildman–Crippen LogP) is 1.00. The monoisotopic (exact) mass is 239 g/mol. The fourth-order valence-electron chi connectivity index (χ4n) is 1.05. The molecule has 0 aliphatic heterocycles. The Bertz CT molecular complexity index is 431. The van der Waals surface area contributed by atoms with E-state index in [0.29, 0.717) is 6.29 Å². The van der Waals surface area contributed by atoms with Gasteiger partial charge in [0.2, 0.25) is 0 Å². The van der Waals surface area contributed by atoms with Crippen LogP contribution < -0.4 is 4.74 Å². The quantitative estimate of drug-likeness (QED) is 0.241. The molecule has 0 spiro atoms. The molecule has 0 radical (unpaired) electrons. The summed E-state index contributed by atoms with van der Waals surface area (Å²) >= 11 is 0. The van der Waals surface area contributed by atoms with Crippen molar-refractivity contribution in [1.82, 2.24) is 0 Å². The molecule has 17 heavy (non-hydrogen) atoms. The SMILES string of the molecule is O=Cc1ccccc1OC(=O)CCO[N+](=O)[O-]. The maximum absolute atomic E-state index is 11.2. The summed E-state index contributed by atoms with van der Waals surface area (Å²) in [6, 6.07) is 6.17. The van der Waals surface area contributed by atoms with Gasteiger partial charge in [-0.15, -0.1) is 10.1 Å². The highest BCUT2D eigenvalue weighted by molar-refractivity contribution is 5.82. The molecule has 0 aromatic heterocycles. The van der Waals surface area contributed by atoms with Crippen molar-refractivity contribution >= 4 is 12.3 Å². The Morgan fingerprint density at radius 1 is 1.41 bits per heavy atom. The van der Waals surface area contributed by atoms with Crippen molar-refractivity contribution < 1.29 is 24.3 Å². The van der Waals surface area contributed by atoms with Crippen LogP contribution in [0.1, 0.15) is 16.8 Å². The topological polar surface area (TPSA) is 95.7 Å². The predicted molar refractivity (Wildman–Crippen MR) is 55.0 cm³/mol. The number of hydrogen-bond donors (Lipinski definition) is 0. The summed E-state index contributed by atoms with van der Waals surface area (Å²) in [4.78, 5) is 35.6. The molecule has 0 fully saturated rings. The lowest BCUT2D eigenvalue weighted by Crippen LogP contribution is -2.13. The van der Waals surface area contributed by atoms with Crippen molar-refractivity contribution in [2.45, 2.75) is 6.42 Å². The molecule has 90 valence electrons. The maximum Gasteiger partial charge on any atom is 0.313 e. The van der Waals surface area contributed by atoms with Crippen LogP contribution in [-0.2, 0) is 9.63 Å². The summed E-state index contributed by atoms with van der Waals surface area (Å²) in [7, 11) is 0. The van der Waals surface area contributed by atoms with Gasteiger partial charge in [0.15, 0.2) is 6.29 Å². The number of carbonyl (C=O) groups is 2. The molecule has 0 aliphatic carbocycles. The molecule has 0 atom stereocenters. The molecule has 0 N–H and O–H groups in total. The summed E-state index contributed by atoms with van der Waals surface area (Å²) in [5.74, 6) is -0.588. The van der Waals surface area contributed by atoms with Crippen molar-refractivity contribution in [3.05, 3.63) is 39.9 Å². The normalized spacial score (nSPS) is 9.41. The number of benzene rings is 1. The van der Waals surface area contributed by atoms with E-state index in [9.17, 15) is 19.7 Å². The summed E-state index contributed by atoms with van der Waals surface area (Å²) in [6.07, 6.45) is 0.282. The molecule has 7 nitrogen and oxygen atoms in total. The van der Waals surface area contributed by atoms with Crippen LogP contribution in [0.5, 0.6) is 5.75 Å². The first-order valence-corrected chi connectivity index (χ1v) is 4.65. The molecule has 0 saturated heterocycles. The summed E-state index contributed by atoms with van der Waals surface area (Å²) in [5.41, 5.74) is 0.232. The Kier molecular flexibility index (Phi) is 4.61. The van der Waals surface area contributed by atoms with Gasteiger partial charge >= 0.3 is 5.97 Å². The lowest BCUT2D eigenvalue weighted by molar-refractivity contribution is -0.757. The number of para-hydroxylation sites is 1. The highest BCUT2D eigenvalue weighted by atomic mass is 16.9. The second-order valence-corrected chi connectivity index (χ2v) is 2.94. The van der Waals surface area contributed by atoms with Crippen LogP contribution in [0, 0.1) is 10.1 Å². The smallest absolute Gasteiger partial charge is 0.313 e. The first-order valence-electron chi connectivity index (χ1n) is 4.65. The Morgan fingerprint density at radius 3 is 2.76 bits per heavy atom. The van der Waals surface area contributed by atoms with Gasteiger partial charge in [0.25, 0.3) is 5.09 Å². The van der Waals surface area contributed by atoms with E-state index in [1.807, 2.05) is 0 Å². The molecule has 0 bridgehead atoms. The number of aldehydes is 1. The van der Waals surface area contributed by atoms with Crippen LogP contribution >= 0.6 is 0 Å². The van der Waals surface area contributed by atoms with Crippen molar-refractivity contribution in [2.24, 2.45) is 0 Å². The number of nitrogens with zero attached hydrogens (tertiary/aromatic N) is 1. The van der Waals surface area contributed by atoms with Gasteiger partial charge in [-0.2, -0.15) is 0 Å². The molecule has 0 amide bonds. The molecule has 0 aliphatic rings. The van der Waals surface area contributed by atoms with Gasteiger partial charge in [-0.25, -0.2) is 0 Å². The molecule has 7 heteroatoms.